The van der Waals surface area contributed by atoms with Crippen molar-refractivity contribution >= 4 is 41.4 Å². The van der Waals surface area contributed by atoms with Crippen molar-refractivity contribution < 1.29 is 4.79 Å². The number of nitrogens with one attached hydrogen (secondary N) is 1. The molecule has 0 saturated carbocycles. The van der Waals surface area contributed by atoms with E-state index in [2.05, 4.69) is 17.2 Å². The number of hydrogen-bond donors (Lipinski definition) is 2. The molecule has 7 heteroatoms. The summed E-state index contributed by atoms with van der Waals surface area (Å²) < 4.78 is 0. The number of rotatable bonds is 8. The van der Waals surface area contributed by atoms with Crippen LogP contribution in [0.3, 0.4) is 0 Å². The Kier molecular flexibility index (Phi) is 10.3. The van der Waals surface area contributed by atoms with Crippen molar-refractivity contribution in [3.8, 4) is 0 Å². The number of hydrogen-bond acceptors (Lipinski definition) is 5. The lowest BCUT2D eigenvalue weighted by atomic mass is 10.2. The van der Waals surface area contributed by atoms with Gasteiger partial charge in [0.25, 0.3) is 0 Å². The molecular formula is C12H22ClN3OS2. The van der Waals surface area contributed by atoms with E-state index in [9.17, 15) is 4.79 Å². The Labute approximate surface area is 129 Å². The van der Waals surface area contributed by atoms with Gasteiger partial charge >= 0.3 is 0 Å². The molecule has 1 amide bonds. The topological polar surface area (TPSA) is 68.0 Å². The van der Waals surface area contributed by atoms with Crippen molar-refractivity contribution in [3.63, 3.8) is 0 Å². The van der Waals surface area contributed by atoms with Crippen LogP contribution < -0.4 is 11.1 Å². The van der Waals surface area contributed by atoms with Gasteiger partial charge in [-0.2, -0.15) is 11.8 Å². The third-order valence-electron chi connectivity index (χ3n) is 2.56. The minimum atomic E-state index is -0.389. The number of halogens is 1. The van der Waals surface area contributed by atoms with E-state index >= 15 is 0 Å². The molecule has 1 aromatic rings. The van der Waals surface area contributed by atoms with Crippen molar-refractivity contribution in [3.05, 3.63) is 16.1 Å². The molecule has 0 aliphatic carbocycles. The van der Waals surface area contributed by atoms with E-state index in [-0.39, 0.29) is 24.4 Å². The Morgan fingerprint density at radius 3 is 2.95 bits per heavy atom. The third kappa shape index (κ3) is 7.15. The Morgan fingerprint density at radius 2 is 2.37 bits per heavy atom. The lowest BCUT2D eigenvalue weighted by Gasteiger charge is -2.10. The van der Waals surface area contributed by atoms with Crippen LogP contribution in [-0.2, 0) is 17.6 Å². The summed E-state index contributed by atoms with van der Waals surface area (Å²) in [6.07, 6.45) is 6.45. The van der Waals surface area contributed by atoms with Gasteiger partial charge in [0.15, 0.2) is 0 Å². The van der Waals surface area contributed by atoms with Gasteiger partial charge in [-0.25, -0.2) is 4.98 Å². The number of nitrogens with two attached hydrogens (primary N) is 1. The summed E-state index contributed by atoms with van der Waals surface area (Å²) in [6, 6.07) is -0.389. The van der Waals surface area contributed by atoms with Gasteiger partial charge in [-0.1, -0.05) is 6.92 Å². The predicted octanol–water partition coefficient (Wildman–Crippen LogP) is 1.87. The number of nitrogens with zero attached hydrogens (tertiary/aromatic N) is 1. The molecule has 4 nitrogen and oxygen atoms in total. The van der Waals surface area contributed by atoms with E-state index < -0.39 is 0 Å². The highest BCUT2D eigenvalue weighted by Gasteiger charge is 2.12. The molecule has 0 saturated heterocycles. The zero-order chi connectivity index (χ0) is 13.4. The maximum absolute atomic E-state index is 11.6. The second-order valence-corrected chi connectivity index (χ2v) is 6.19. The number of amides is 1. The lowest BCUT2D eigenvalue weighted by molar-refractivity contribution is -0.122. The Balaban J connectivity index is 0.00000324. The summed E-state index contributed by atoms with van der Waals surface area (Å²) in [5.41, 5.74) is 5.77. The van der Waals surface area contributed by atoms with Crippen LogP contribution in [0.25, 0.3) is 0 Å². The minimum Gasteiger partial charge on any atom is -0.354 e. The highest BCUT2D eigenvalue weighted by molar-refractivity contribution is 7.98. The number of aromatic nitrogens is 1. The minimum absolute atomic E-state index is 0. The SMILES string of the molecule is CCc1cnc(CCNC(=O)[C@@H](N)CCSC)s1.Cl. The normalized spacial score (nSPS) is 11.7. The van der Waals surface area contributed by atoms with Crippen LogP contribution in [0.15, 0.2) is 6.20 Å². The lowest BCUT2D eigenvalue weighted by Crippen LogP contribution is -2.41. The number of thiazole rings is 1. The van der Waals surface area contributed by atoms with Crippen LogP contribution in [0, 0.1) is 0 Å². The number of carbonyl (C=O) groups excluding carboxylic acids is 1. The molecule has 0 bridgehead atoms. The zero-order valence-corrected chi connectivity index (χ0v) is 13.8. The zero-order valence-electron chi connectivity index (χ0n) is 11.3. The van der Waals surface area contributed by atoms with Crippen LogP contribution in [0.5, 0.6) is 0 Å². The van der Waals surface area contributed by atoms with Gasteiger partial charge in [-0.15, -0.1) is 23.7 Å². The molecule has 3 N–H and O–H groups in total. The Morgan fingerprint density at radius 1 is 1.63 bits per heavy atom. The van der Waals surface area contributed by atoms with Crippen molar-refractivity contribution in [1.82, 2.24) is 10.3 Å². The van der Waals surface area contributed by atoms with Gasteiger partial charge in [0.1, 0.15) is 0 Å². The van der Waals surface area contributed by atoms with E-state index in [0.717, 1.165) is 30.0 Å². The predicted molar refractivity (Wildman–Crippen MR) is 86.4 cm³/mol. The highest BCUT2D eigenvalue weighted by atomic mass is 35.5. The van der Waals surface area contributed by atoms with Crippen LogP contribution in [0.1, 0.15) is 23.2 Å². The van der Waals surface area contributed by atoms with Crippen LogP contribution in [0.2, 0.25) is 0 Å². The standard InChI is InChI=1S/C12H21N3OS2.ClH/c1-3-9-8-15-11(18-9)4-6-14-12(16)10(13)5-7-17-2;/h8,10H,3-7,13H2,1-2H3,(H,14,16);1H/t10-;/m0./s1. The molecule has 0 aromatic carbocycles. The summed E-state index contributed by atoms with van der Waals surface area (Å²) in [7, 11) is 0. The summed E-state index contributed by atoms with van der Waals surface area (Å²) >= 11 is 3.41. The number of thioether (sulfide) groups is 1. The fourth-order valence-corrected chi connectivity index (χ4v) is 2.78. The highest BCUT2D eigenvalue weighted by Crippen LogP contribution is 2.13. The Hall–Kier alpha value is -0.300. The average Bonchev–Trinajstić information content (AvgIpc) is 2.83. The molecule has 0 aliphatic rings. The maximum atomic E-state index is 11.6. The second-order valence-electron chi connectivity index (χ2n) is 4.00. The van der Waals surface area contributed by atoms with E-state index in [4.69, 9.17) is 5.73 Å². The number of aryl methyl sites for hydroxylation is 1. The Bertz CT molecular complexity index is 374. The van der Waals surface area contributed by atoms with Crippen LogP contribution in [0.4, 0.5) is 0 Å². The van der Waals surface area contributed by atoms with Gasteiger partial charge in [-0.3, -0.25) is 4.79 Å². The smallest absolute Gasteiger partial charge is 0.236 e. The molecule has 1 rings (SSSR count). The molecule has 1 aromatic heterocycles. The molecule has 1 heterocycles. The molecule has 0 aliphatic heterocycles. The summed E-state index contributed by atoms with van der Waals surface area (Å²) in [4.78, 5) is 17.2. The van der Waals surface area contributed by atoms with E-state index in [0.29, 0.717) is 6.54 Å². The van der Waals surface area contributed by atoms with Crippen molar-refractivity contribution in [2.45, 2.75) is 32.2 Å². The fourth-order valence-electron chi connectivity index (χ4n) is 1.43. The summed E-state index contributed by atoms with van der Waals surface area (Å²) in [5, 5.41) is 3.93. The molecule has 0 fully saturated rings. The fraction of sp³-hybridized carbons (Fsp3) is 0.667. The van der Waals surface area contributed by atoms with Crippen LogP contribution >= 0.6 is 35.5 Å². The van der Waals surface area contributed by atoms with Gasteiger partial charge in [0, 0.05) is 24.0 Å². The first kappa shape index (κ1) is 18.7. The van der Waals surface area contributed by atoms with Crippen LogP contribution in [-0.4, -0.2) is 35.5 Å². The van der Waals surface area contributed by atoms with E-state index in [1.807, 2.05) is 12.5 Å². The van der Waals surface area contributed by atoms with Crippen molar-refractivity contribution in [1.29, 1.82) is 0 Å². The second kappa shape index (κ2) is 10.5. The monoisotopic (exact) mass is 323 g/mol. The van der Waals surface area contributed by atoms with E-state index in [1.165, 1.54) is 4.88 Å². The van der Waals surface area contributed by atoms with Crippen molar-refractivity contribution in [2.24, 2.45) is 5.73 Å². The molecule has 0 unspecified atom stereocenters. The maximum Gasteiger partial charge on any atom is 0.236 e. The van der Waals surface area contributed by atoms with Gasteiger partial charge < -0.3 is 11.1 Å². The van der Waals surface area contributed by atoms with Gasteiger partial charge in [-0.05, 0) is 24.9 Å². The molecule has 0 radical (unpaired) electrons. The quantitative estimate of drug-likeness (QED) is 0.766. The largest absolute Gasteiger partial charge is 0.354 e. The molecule has 110 valence electrons. The summed E-state index contributed by atoms with van der Waals surface area (Å²) in [5.74, 6) is 0.859. The molecular weight excluding hydrogens is 302 g/mol. The molecule has 19 heavy (non-hydrogen) atoms. The molecule has 0 spiro atoms. The van der Waals surface area contributed by atoms with Gasteiger partial charge in [0.05, 0.1) is 11.0 Å². The summed E-state index contributed by atoms with van der Waals surface area (Å²) in [6.45, 7) is 2.73. The van der Waals surface area contributed by atoms with E-state index in [1.54, 1.807) is 23.1 Å². The van der Waals surface area contributed by atoms with Gasteiger partial charge in [0.2, 0.25) is 5.91 Å². The average molecular weight is 324 g/mol. The number of carbonyl (C=O) groups is 1. The first-order chi connectivity index (χ1) is 8.67. The molecule has 1 atom stereocenters. The first-order valence-electron chi connectivity index (χ1n) is 6.13. The third-order valence-corrected chi connectivity index (χ3v) is 4.40. The first-order valence-corrected chi connectivity index (χ1v) is 8.34. The van der Waals surface area contributed by atoms with Crippen molar-refractivity contribution in [2.75, 3.05) is 18.6 Å².